The molecule has 36 heavy (non-hydrogen) atoms. The van der Waals surface area contributed by atoms with Crippen molar-refractivity contribution in [2.45, 2.75) is 82.2 Å². The minimum absolute atomic E-state index is 0.387. The predicted molar refractivity (Wildman–Crippen MR) is 149 cm³/mol. The fourth-order valence-corrected chi connectivity index (χ4v) is 7.05. The van der Waals surface area contributed by atoms with Crippen LogP contribution in [0.4, 0.5) is 5.69 Å². The first kappa shape index (κ1) is 23.6. The van der Waals surface area contributed by atoms with Gasteiger partial charge in [0.1, 0.15) is 5.75 Å². The number of hydrogen-bond donors (Lipinski definition) is 2. The summed E-state index contributed by atoms with van der Waals surface area (Å²) in [5.41, 5.74) is 8.35. The third-order valence-corrected chi connectivity index (χ3v) is 9.06. The Labute approximate surface area is 216 Å². The molecule has 2 heterocycles. The molecule has 188 valence electrons. The quantitative estimate of drug-likeness (QED) is 0.328. The standard InChI is InChI=1S/C33H40N2O/c36-31-18-13-26-22-28(12-11-27(26)23-31)32-5-1-2-6-33(32)34-20-3-4-24-7-9-25(10-8-24)19-21-35-29-14-15-30(35)17-16-29/h1-2,5-10,13,18,23,28-30,34,36H,3-4,11-12,14-17,19-22H2/t28-,29?,30?/m1/s1. The fourth-order valence-electron chi connectivity index (χ4n) is 7.05. The van der Waals surface area contributed by atoms with Crippen molar-refractivity contribution in [3.05, 3.63) is 94.5 Å². The average molecular weight is 481 g/mol. The van der Waals surface area contributed by atoms with Gasteiger partial charge < -0.3 is 10.4 Å². The second-order valence-electron chi connectivity index (χ2n) is 11.3. The number of rotatable bonds is 9. The van der Waals surface area contributed by atoms with E-state index in [2.05, 4.69) is 64.8 Å². The number of phenolic OH excluding ortho intramolecular Hbond substituents is 1. The van der Waals surface area contributed by atoms with E-state index in [0.29, 0.717) is 11.7 Å². The monoisotopic (exact) mass is 480 g/mol. The lowest BCUT2D eigenvalue weighted by atomic mass is 9.79. The summed E-state index contributed by atoms with van der Waals surface area (Å²) in [6.45, 7) is 2.24. The highest BCUT2D eigenvalue weighted by Gasteiger charge is 2.38. The second-order valence-corrected chi connectivity index (χ2v) is 11.3. The molecular weight excluding hydrogens is 440 g/mol. The van der Waals surface area contributed by atoms with Crippen LogP contribution in [0.1, 0.15) is 72.3 Å². The van der Waals surface area contributed by atoms with E-state index in [1.807, 2.05) is 12.1 Å². The molecule has 0 saturated carbocycles. The molecule has 0 amide bonds. The van der Waals surface area contributed by atoms with Crippen molar-refractivity contribution in [1.29, 1.82) is 0 Å². The summed E-state index contributed by atoms with van der Waals surface area (Å²) in [6.07, 6.45) is 12.4. The molecule has 2 bridgehead atoms. The smallest absolute Gasteiger partial charge is 0.115 e. The molecule has 3 aromatic rings. The van der Waals surface area contributed by atoms with Gasteiger partial charge in [0.25, 0.3) is 0 Å². The van der Waals surface area contributed by atoms with Crippen LogP contribution in [0.15, 0.2) is 66.7 Å². The maximum absolute atomic E-state index is 9.80. The zero-order chi connectivity index (χ0) is 24.3. The Morgan fingerprint density at radius 2 is 1.50 bits per heavy atom. The molecule has 3 nitrogen and oxygen atoms in total. The number of anilines is 1. The Hall–Kier alpha value is -2.78. The molecule has 3 heteroatoms. The van der Waals surface area contributed by atoms with Crippen LogP contribution in [0.25, 0.3) is 0 Å². The third-order valence-electron chi connectivity index (χ3n) is 9.06. The van der Waals surface area contributed by atoms with E-state index in [1.165, 1.54) is 72.2 Å². The number of para-hydroxylation sites is 1. The first-order chi connectivity index (χ1) is 17.7. The molecule has 0 spiro atoms. The fraction of sp³-hybridized carbons (Fsp3) is 0.455. The molecule has 1 atom stereocenters. The molecule has 2 N–H and O–H groups in total. The SMILES string of the molecule is Oc1ccc2c(c1)CC[C@@H](c1ccccc1NCCCc1ccc(CCN3C4CCC3CC4)cc1)C2. The Kier molecular flexibility index (Phi) is 7.01. The van der Waals surface area contributed by atoms with Crippen molar-refractivity contribution in [2.24, 2.45) is 0 Å². The molecule has 0 unspecified atom stereocenters. The topological polar surface area (TPSA) is 35.5 Å². The van der Waals surface area contributed by atoms with Gasteiger partial charge in [-0.1, -0.05) is 48.5 Å². The summed E-state index contributed by atoms with van der Waals surface area (Å²) in [7, 11) is 0. The van der Waals surface area contributed by atoms with Crippen molar-refractivity contribution in [2.75, 3.05) is 18.4 Å². The van der Waals surface area contributed by atoms with E-state index in [4.69, 9.17) is 0 Å². The predicted octanol–water partition coefficient (Wildman–Crippen LogP) is 6.88. The van der Waals surface area contributed by atoms with Crippen LogP contribution in [-0.4, -0.2) is 35.2 Å². The van der Waals surface area contributed by atoms with Crippen LogP contribution >= 0.6 is 0 Å². The summed E-state index contributed by atoms with van der Waals surface area (Å²) in [4.78, 5) is 2.79. The number of nitrogens with zero attached hydrogens (tertiary/aromatic N) is 1. The molecule has 2 aliphatic heterocycles. The summed E-state index contributed by atoms with van der Waals surface area (Å²) in [5.74, 6) is 0.923. The Morgan fingerprint density at radius 1 is 0.778 bits per heavy atom. The zero-order valence-corrected chi connectivity index (χ0v) is 21.5. The van der Waals surface area contributed by atoms with Gasteiger partial charge in [-0.05, 0) is 116 Å². The molecule has 2 saturated heterocycles. The van der Waals surface area contributed by atoms with Crippen LogP contribution in [0.2, 0.25) is 0 Å². The van der Waals surface area contributed by atoms with Crippen molar-refractivity contribution >= 4 is 5.69 Å². The lowest BCUT2D eigenvalue weighted by Gasteiger charge is -2.27. The van der Waals surface area contributed by atoms with Crippen molar-refractivity contribution < 1.29 is 5.11 Å². The first-order valence-corrected chi connectivity index (χ1v) is 14.2. The maximum Gasteiger partial charge on any atom is 0.115 e. The molecular formula is C33H40N2O. The maximum atomic E-state index is 9.80. The number of aromatic hydroxyl groups is 1. The van der Waals surface area contributed by atoms with E-state index in [0.717, 1.165) is 50.7 Å². The Balaban J connectivity index is 0.982. The van der Waals surface area contributed by atoms with E-state index in [9.17, 15) is 5.11 Å². The van der Waals surface area contributed by atoms with Crippen molar-refractivity contribution in [1.82, 2.24) is 4.90 Å². The minimum atomic E-state index is 0.387. The van der Waals surface area contributed by atoms with Crippen LogP contribution in [0, 0.1) is 0 Å². The number of nitrogens with one attached hydrogen (secondary N) is 1. The molecule has 0 aromatic heterocycles. The summed E-state index contributed by atoms with van der Waals surface area (Å²) in [5, 5.41) is 13.5. The molecule has 0 radical (unpaired) electrons. The highest BCUT2D eigenvalue weighted by molar-refractivity contribution is 5.54. The average Bonchev–Trinajstić information content (AvgIpc) is 3.50. The first-order valence-electron chi connectivity index (χ1n) is 14.2. The molecule has 1 aliphatic carbocycles. The highest BCUT2D eigenvalue weighted by Crippen LogP contribution is 2.38. The summed E-state index contributed by atoms with van der Waals surface area (Å²) < 4.78 is 0. The van der Waals surface area contributed by atoms with Crippen LogP contribution in [-0.2, 0) is 25.7 Å². The van der Waals surface area contributed by atoms with Gasteiger partial charge in [0.05, 0.1) is 0 Å². The van der Waals surface area contributed by atoms with Crippen LogP contribution in [0.3, 0.4) is 0 Å². The highest BCUT2D eigenvalue weighted by atomic mass is 16.3. The van der Waals surface area contributed by atoms with E-state index >= 15 is 0 Å². The number of aryl methyl sites for hydroxylation is 2. The number of hydrogen-bond acceptors (Lipinski definition) is 3. The van der Waals surface area contributed by atoms with Gasteiger partial charge in [-0.2, -0.15) is 0 Å². The van der Waals surface area contributed by atoms with E-state index in [1.54, 1.807) is 0 Å². The van der Waals surface area contributed by atoms with Crippen molar-refractivity contribution in [3.63, 3.8) is 0 Å². The lowest BCUT2D eigenvalue weighted by molar-refractivity contribution is 0.256. The van der Waals surface area contributed by atoms with Crippen LogP contribution in [0.5, 0.6) is 5.75 Å². The van der Waals surface area contributed by atoms with Gasteiger partial charge in [0, 0.05) is 30.9 Å². The van der Waals surface area contributed by atoms with E-state index < -0.39 is 0 Å². The number of fused-ring (bicyclic) bond motifs is 3. The second kappa shape index (κ2) is 10.7. The van der Waals surface area contributed by atoms with Crippen molar-refractivity contribution in [3.8, 4) is 5.75 Å². The van der Waals surface area contributed by atoms with Gasteiger partial charge in [0.2, 0.25) is 0 Å². The van der Waals surface area contributed by atoms with Crippen LogP contribution < -0.4 is 5.32 Å². The summed E-state index contributed by atoms with van der Waals surface area (Å²) in [6, 6.07) is 25.9. The Bertz CT molecular complexity index is 1150. The number of benzene rings is 3. The zero-order valence-electron chi connectivity index (χ0n) is 21.5. The summed E-state index contributed by atoms with van der Waals surface area (Å²) >= 11 is 0. The molecule has 2 fully saturated rings. The van der Waals surface area contributed by atoms with Gasteiger partial charge in [0.15, 0.2) is 0 Å². The Morgan fingerprint density at radius 3 is 2.28 bits per heavy atom. The van der Waals surface area contributed by atoms with Gasteiger partial charge in [-0.3, -0.25) is 4.90 Å². The molecule has 3 aromatic carbocycles. The normalized spacial score (nSPS) is 23.1. The largest absolute Gasteiger partial charge is 0.508 e. The lowest BCUT2D eigenvalue weighted by Crippen LogP contribution is -2.30. The molecule has 3 aliphatic rings. The minimum Gasteiger partial charge on any atom is -0.508 e. The van der Waals surface area contributed by atoms with E-state index in [-0.39, 0.29) is 0 Å². The van der Waals surface area contributed by atoms with Gasteiger partial charge >= 0.3 is 0 Å². The van der Waals surface area contributed by atoms with Gasteiger partial charge in [-0.25, -0.2) is 0 Å². The number of phenols is 1. The molecule has 6 rings (SSSR count). The third kappa shape index (κ3) is 5.18. The van der Waals surface area contributed by atoms with Gasteiger partial charge in [-0.15, -0.1) is 0 Å².